The van der Waals surface area contributed by atoms with Crippen LogP contribution in [0.4, 0.5) is 68.2 Å². The van der Waals surface area contributed by atoms with Crippen molar-refractivity contribution < 1.29 is 0 Å². The number of nitrogens with zero attached hydrogens (tertiary/aromatic N) is 4. The predicted octanol–water partition coefficient (Wildman–Crippen LogP) is 25.0. The lowest BCUT2D eigenvalue weighted by Crippen LogP contribution is -2.20. The van der Waals surface area contributed by atoms with Gasteiger partial charge in [-0.3, -0.25) is 0 Å². The molecule has 0 saturated carbocycles. The summed E-state index contributed by atoms with van der Waals surface area (Å²) in [5, 5.41) is 4.86. The molecule has 14 aromatic carbocycles. The number of hydrogen-bond donors (Lipinski definition) is 0. The molecule has 0 unspecified atom stereocenters. The van der Waals surface area contributed by atoms with Crippen LogP contribution in [0.5, 0.6) is 0 Å². The molecule has 0 aliphatic heterocycles. The molecule has 0 amide bonds. The third-order valence-corrected chi connectivity index (χ3v) is 17.5. The summed E-state index contributed by atoms with van der Waals surface area (Å²) in [5.74, 6) is 0. The molecule has 448 valence electrons. The summed E-state index contributed by atoms with van der Waals surface area (Å²) in [6.45, 7) is 6.90. The Balaban J connectivity index is 0.673. The molecular weight excluding hydrogens is 1130 g/mol. The van der Waals surface area contributed by atoms with Gasteiger partial charge in [-0.25, -0.2) is 0 Å². The van der Waals surface area contributed by atoms with E-state index in [0.29, 0.717) is 0 Å². The molecule has 0 atom stereocenters. The SMILES string of the molecule is Cc1cccc(N(c2ccc(/C=C/c3ccc(N(c4ccccc4)c4ccccc4)cc3)cc2)c2ccc3cc(CC(C)(C)c4ccc(N(c5ccc(/C=C/c6ccc(N(c7ccccc7)c7ccccc7)cc6)cc5)c5ccc6ccccc6c5)cc4)ccc3c2)c1. The van der Waals surface area contributed by atoms with E-state index in [-0.39, 0.29) is 5.41 Å². The maximum absolute atomic E-state index is 2.38. The monoisotopic (exact) mass is 1200 g/mol. The normalized spacial score (nSPS) is 11.6. The van der Waals surface area contributed by atoms with Crippen LogP contribution in [0, 0.1) is 6.92 Å². The summed E-state index contributed by atoms with van der Waals surface area (Å²) < 4.78 is 0. The van der Waals surface area contributed by atoms with Gasteiger partial charge in [-0.05, 0) is 225 Å². The lowest BCUT2D eigenvalue weighted by Gasteiger charge is -2.29. The molecule has 14 rings (SSSR count). The fourth-order valence-corrected chi connectivity index (χ4v) is 12.7. The van der Waals surface area contributed by atoms with Crippen molar-refractivity contribution in [3.63, 3.8) is 0 Å². The topological polar surface area (TPSA) is 13.0 Å². The Morgan fingerprint density at radius 2 is 0.516 bits per heavy atom. The van der Waals surface area contributed by atoms with Crippen molar-refractivity contribution in [1.82, 2.24) is 0 Å². The number of fused-ring (bicyclic) bond motifs is 2. The molecule has 0 aliphatic rings. The van der Waals surface area contributed by atoms with Crippen molar-refractivity contribution in [2.75, 3.05) is 19.6 Å². The minimum absolute atomic E-state index is 0.141. The Kier molecular flexibility index (Phi) is 17.0. The van der Waals surface area contributed by atoms with Crippen LogP contribution in [-0.2, 0) is 11.8 Å². The smallest absolute Gasteiger partial charge is 0.0468 e. The Labute approximate surface area is 547 Å². The Morgan fingerprint density at radius 1 is 0.237 bits per heavy atom. The van der Waals surface area contributed by atoms with Crippen LogP contribution in [0.2, 0.25) is 0 Å². The van der Waals surface area contributed by atoms with Crippen molar-refractivity contribution in [3.05, 3.63) is 385 Å². The summed E-state index contributed by atoms with van der Waals surface area (Å²) >= 11 is 0. The molecule has 93 heavy (non-hydrogen) atoms. The van der Waals surface area contributed by atoms with E-state index in [4.69, 9.17) is 0 Å². The van der Waals surface area contributed by atoms with Crippen molar-refractivity contribution in [1.29, 1.82) is 0 Å². The molecule has 14 aromatic rings. The van der Waals surface area contributed by atoms with Gasteiger partial charge < -0.3 is 19.6 Å². The maximum atomic E-state index is 2.38. The second kappa shape index (κ2) is 26.8. The second-order valence-electron chi connectivity index (χ2n) is 24.6. The summed E-state index contributed by atoms with van der Waals surface area (Å²) in [5.41, 5.74) is 21.6. The van der Waals surface area contributed by atoms with E-state index in [2.05, 4.69) is 410 Å². The first-order valence-corrected chi connectivity index (χ1v) is 32.1. The van der Waals surface area contributed by atoms with E-state index in [1.54, 1.807) is 0 Å². The van der Waals surface area contributed by atoms with Gasteiger partial charge in [0, 0.05) is 68.2 Å². The minimum atomic E-state index is -0.141. The predicted molar refractivity (Wildman–Crippen MR) is 399 cm³/mol. The molecule has 0 radical (unpaired) electrons. The van der Waals surface area contributed by atoms with Crippen LogP contribution in [0.1, 0.15) is 52.8 Å². The van der Waals surface area contributed by atoms with Gasteiger partial charge in [0.05, 0.1) is 0 Å². The molecule has 4 nitrogen and oxygen atoms in total. The summed E-state index contributed by atoms with van der Waals surface area (Å²) in [6, 6.07) is 125. The van der Waals surface area contributed by atoms with E-state index < -0.39 is 0 Å². The maximum Gasteiger partial charge on any atom is 0.0468 e. The quantitative estimate of drug-likeness (QED) is 0.0748. The number of anilines is 12. The highest BCUT2D eigenvalue weighted by Gasteiger charge is 2.24. The molecule has 4 heteroatoms. The Bertz CT molecular complexity index is 4790. The fraction of sp³-hybridized carbons (Fsp3) is 0.0562. The Morgan fingerprint density at radius 3 is 0.925 bits per heavy atom. The number of hydrogen-bond acceptors (Lipinski definition) is 4. The van der Waals surface area contributed by atoms with E-state index in [9.17, 15) is 0 Å². The molecule has 0 heterocycles. The molecule has 0 saturated heterocycles. The van der Waals surface area contributed by atoms with Gasteiger partial charge in [0.2, 0.25) is 0 Å². The second-order valence-corrected chi connectivity index (χ2v) is 24.6. The summed E-state index contributed by atoms with van der Waals surface area (Å²) in [4.78, 5) is 9.32. The van der Waals surface area contributed by atoms with Crippen molar-refractivity contribution >= 4 is 114 Å². The van der Waals surface area contributed by atoms with Crippen LogP contribution in [0.25, 0.3) is 45.8 Å². The van der Waals surface area contributed by atoms with Gasteiger partial charge in [0.25, 0.3) is 0 Å². The summed E-state index contributed by atoms with van der Waals surface area (Å²) in [6.07, 6.45) is 9.67. The van der Waals surface area contributed by atoms with E-state index >= 15 is 0 Å². The lowest BCUT2D eigenvalue weighted by molar-refractivity contribution is 0.523. The molecule has 0 aliphatic carbocycles. The Hall–Kier alpha value is -11.7. The van der Waals surface area contributed by atoms with Gasteiger partial charge >= 0.3 is 0 Å². The highest BCUT2D eigenvalue weighted by Crippen LogP contribution is 2.42. The van der Waals surface area contributed by atoms with Gasteiger partial charge in [-0.1, -0.05) is 238 Å². The highest BCUT2D eigenvalue weighted by molar-refractivity contribution is 5.92. The fourth-order valence-electron chi connectivity index (χ4n) is 12.7. The summed E-state index contributed by atoms with van der Waals surface area (Å²) in [7, 11) is 0. The third kappa shape index (κ3) is 13.4. The zero-order valence-electron chi connectivity index (χ0n) is 52.7. The van der Waals surface area contributed by atoms with Crippen molar-refractivity contribution in [2.24, 2.45) is 0 Å². The largest absolute Gasteiger partial charge is 0.311 e. The molecule has 0 aromatic heterocycles. The van der Waals surface area contributed by atoms with E-state index in [1.165, 1.54) is 38.2 Å². The first-order valence-electron chi connectivity index (χ1n) is 32.1. The molecule has 0 fully saturated rings. The van der Waals surface area contributed by atoms with Crippen LogP contribution < -0.4 is 19.6 Å². The lowest BCUT2D eigenvalue weighted by atomic mass is 9.79. The van der Waals surface area contributed by atoms with Gasteiger partial charge in [0.1, 0.15) is 0 Å². The number of para-hydroxylation sites is 4. The average molecular weight is 1200 g/mol. The zero-order valence-corrected chi connectivity index (χ0v) is 52.7. The van der Waals surface area contributed by atoms with Gasteiger partial charge in [-0.2, -0.15) is 0 Å². The van der Waals surface area contributed by atoms with Crippen LogP contribution in [0.15, 0.2) is 346 Å². The molecule has 0 bridgehead atoms. The standard InChI is InChI=1S/C89H72N4/c1-66-19-18-30-86(61-66)93(84-55-42-70(43-56-84)34-32-68-38-51-82(52-39-68)91(79-26-12-6-13-27-79)80-28-14-7-15-29-80)88-58-46-74-62-71(35-44-75(74)64-88)65-89(2,3)76-47-59-85(60-48-76)92(87-57-45-72-20-16-17-21-73(72)63-87)83-53-40-69(41-54-83)33-31-67-36-49-81(50-37-67)90(77-22-8-4-9-23-77)78-24-10-5-11-25-78/h4-64H,65H2,1-3H3/b33-31+,34-32+. The molecular formula is C89H72N4. The van der Waals surface area contributed by atoms with E-state index in [1.807, 2.05) is 0 Å². The average Bonchev–Trinajstić information content (AvgIpc) is 0.906. The van der Waals surface area contributed by atoms with Crippen LogP contribution >= 0.6 is 0 Å². The number of rotatable bonds is 19. The zero-order chi connectivity index (χ0) is 62.9. The van der Waals surface area contributed by atoms with Crippen LogP contribution in [0.3, 0.4) is 0 Å². The minimum Gasteiger partial charge on any atom is -0.311 e. The van der Waals surface area contributed by atoms with E-state index in [0.717, 1.165) is 96.9 Å². The molecule has 0 N–H and O–H groups in total. The van der Waals surface area contributed by atoms with Gasteiger partial charge in [0.15, 0.2) is 0 Å². The van der Waals surface area contributed by atoms with Crippen molar-refractivity contribution in [3.8, 4) is 0 Å². The highest BCUT2D eigenvalue weighted by atomic mass is 15.2. The van der Waals surface area contributed by atoms with Gasteiger partial charge in [-0.15, -0.1) is 0 Å². The number of benzene rings is 14. The molecule has 0 spiro atoms. The van der Waals surface area contributed by atoms with Crippen molar-refractivity contribution in [2.45, 2.75) is 32.6 Å². The first kappa shape index (κ1) is 58.9. The number of aryl methyl sites for hydroxylation is 1. The third-order valence-electron chi connectivity index (χ3n) is 17.5. The van der Waals surface area contributed by atoms with Crippen LogP contribution in [-0.4, -0.2) is 0 Å². The first-order chi connectivity index (χ1) is 45.7.